The number of hydrogen-bond donors (Lipinski definition) is 5. The lowest BCUT2D eigenvalue weighted by molar-refractivity contribution is -0.114. The molecule has 2 rings (SSSR count). The highest BCUT2D eigenvalue weighted by Crippen LogP contribution is 2.29. The number of H-pyrrole nitrogens is 1. The summed E-state index contributed by atoms with van der Waals surface area (Å²) in [5.74, 6) is -2.11. The molecule has 7 N–H and O–H groups in total. The molecule has 1 aromatic heterocycles. The van der Waals surface area contributed by atoms with Crippen LogP contribution >= 0.6 is 23.4 Å². The highest BCUT2D eigenvalue weighted by molar-refractivity contribution is 7.98. The molecule has 0 unspecified atom stereocenters. The second kappa shape index (κ2) is 7.95. The molecule has 0 aliphatic rings. The summed E-state index contributed by atoms with van der Waals surface area (Å²) < 4.78 is 0. The largest absolute Gasteiger partial charge is 0.376 e. The lowest BCUT2D eigenvalue weighted by Crippen LogP contribution is -2.25. The third kappa shape index (κ3) is 4.46. The molecule has 10 heteroatoms. The molecule has 0 spiro atoms. The molecule has 3 amide bonds. The van der Waals surface area contributed by atoms with Crippen molar-refractivity contribution in [1.29, 1.82) is 0 Å². The number of hydrogen-bond acceptors (Lipinski definition) is 5. The van der Waals surface area contributed by atoms with Gasteiger partial charge in [-0.1, -0.05) is 17.7 Å². The van der Waals surface area contributed by atoms with Gasteiger partial charge in [0.05, 0.1) is 22.7 Å². The highest BCUT2D eigenvalue weighted by Gasteiger charge is 2.25. The number of benzene rings is 1. The van der Waals surface area contributed by atoms with Crippen molar-refractivity contribution in [2.45, 2.75) is 5.03 Å². The zero-order valence-corrected chi connectivity index (χ0v) is 14.8. The van der Waals surface area contributed by atoms with Gasteiger partial charge in [-0.25, -0.2) is 0 Å². The Bertz CT molecular complexity index is 837. The minimum atomic E-state index is -0.872. The van der Waals surface area contributed by atoms with Gasteiger partial charge in [0.25, 0.3) is 11.8 Å². The number of primary amides is 2. The molecule has 1 heterocycles. The van der Waals surface area contributed by atoms with Gasteiger partial charge >= 0.3 is 0 Å². The molecule has 0 saturated carbocycles. The summed E-state index contributed by atoms with van der Waals surface area (Å²) in [4.78, 5) is 38.2. The van der Waals surface area contributed by atoms with Gasteiger partial charge in [0.2, 0.25) is 5.91 Å². The summed E-state index contributed by atoms with van der Waals surface area (Å²) >= 11 is 7.04. The number of aromatic nitrogens is 1. The van der Waals surface area contributed by atoms with E-state index in [2.05, 4.69) is 15.6 Å². The van der Waals surface area contributed by atoms with Gasteiger partial charge in [-0.2, -0.15) is 0 Å². The third-order valence-corrected chi connectivity index (χ3v) is 4.15. The van der Waals surface area contributed by atoms with E-state index < -0.39 is 17.7 Å². The predicted molar refractivity (Wildman–Crippen MR) is 98.2 cm³/mol. The summed E-state index contributed by atoms with van der Waals surface area (Å²) in [5.41, 5.74) is 11.1. The average molecular weight is 382 g/mol. The number of thioether (sulfide) groups is 1. The fraction of sp³-hybridized carbons (Fsp3) is 0.133. The van der Waals surface area contributed by atoms with E-state index >= 15 is 0 Å². The maximum atomic E-state index is 12.1. The smallest absolute Gasteiger partial charge is 0.253 e. The van der Waals surface area contributed by atoms with Crippen molar-refractivity contribution in [1.82, 2.24) is 4.98 Å². The van der Waals surface area contributed by atoms with Crippen LogP contribution in [0.4, 0.5) is 11.5 Å². The predicted octanol–water partition coefficient (Wildman–Crippen LogP) is 1.64. The molecule has 0 radical (unpaired) electrons. The Hall–Kier alpha value is -2.65. The maximum absolute atomic E-state index is 12.1. The topological polar surface area (TPSA) is 143 Å². The Labute approximate surface area is 152 Å². The maximum Gasteiger partial charge on any atom is 0.253 e. The van der Waals surface area contributed by atoms with Crippen LogP contribution in [0.3, 0.4) is 0 Å². The molecule has 0 saturated heterocycles. The highest BCUT2D eigenvalue weighted by atomic mass is 35.5. The first-order valence-corrected chi connectivity index (χ1v) is 8.62. The van der Waals surface area contributed by atoms with E-state index in [9.17, 15) is 14.4 Å². The fourth-order valence-electron chi connectivity index (χ4n) is 2.17. The third-order valence-electron chi connectivity index (χ3n) is 3.20. The summed E-state index contributed by atoms with van der Waals surface area (Å²) in [6.07, 6.45) is 1.69. The van der Waals surface area contributed by atoms with E-state index in [1.165, 1.54) is 11.8 Å². The van der Waals surface area contributed by atoms with Gasteiger partial charge in [-0.15, -0.1) is 11.8 Å². The molecular formula is C15H16ClN5O3S. The van der Waals surface area contributed by atoms with Crippen LogP contribution in [0, 0.1) is 0 Å². The number of nitrogens with two attached hydrogens (primary N) is 2. The number of amides is 3. The van der Waals surface area contributed by atoms with E-state index in [4.69, 9.17) is 23.1 Å². The van der Waals surface area contributed by atoms with E-state index in [1.807, 2.05) is 0 Å². The van der Waals surface area contributed by atoms with Crippen molar-refractivity contribution in [2.75, 3.05) is 23.4 Å². The van der Waals surface area contributed by atoms with Gasteiger partial charge in [-0.05, 0) is 24.5 Å². The molecule has 0 fully saturated rings. The molecule has 132 valence electrons. The van der Waals surface area contributed by atoms with Crippen LogP contribution in [0.2, 0.25) is 5.02 Å². The molecule has 0 aliphatic heterocycles. The van der Waals surface area contributed by atoms with E-state index in [0.29, 0.717) is 15.7 Å². The van der Waals surface area contributed by atoms with Crippen LogP contribution in [0.15, 0.2) is 29.3 Å². The molecule has 25 heavy (non-hydrogen) atoms. The summed E-state index contributed by atoms with van der Waals surface area (Å²) in [6, 6.07) is 6.86. The monoisotopic (exact) mass is 381 g/mol. The molecular weight excluding hydrogens is 366 g/mol. The van der Waals surface area contributed by atoms with Crippen molar-refractivity contribution in [3.63, 3.8) is 0 Å². The Kier molecular flexibility index (Phi) is 5.94. The van der Waals surface area contributed by atoms with E-state index in [-0.39, 0.29) is 23.5 Å². The number of halogens is 1. The van der Waals surface area contributed by atoms with Gasteiger partial charge in [0.15, 0.2) is 0 Å². The van der Waals surface area contributed by atoms with Crippen LogP contribution < -0.4 is 22.1 Å². The number of anilines is 2. The van der Waals surface area contributed by atoms with Gasteiger partial charge in [-0.3, -0.25) is 14.4 Å². The zero-order chi connectivity index (χ0) is 18.6. The summed E-state index contributed by atoms with van der Waals surface area (Å²) in [5, 5.41) is 6.28. The quantitative estimate of drug-likeness (QED) is 0.463. The van der Waals surface area contributed by atoms with E-state index in [0.717, 1.165) is 0 Å². The summed E-state index contributed by atoms with van der Waals surface area (Å²) in [6.45, 7) is -0.0852. The van der Waals surface area contributed by atoms with Crippen molar-refractivity contribution in [2.24, 2.45) is 11.5 Å². The van der Waals surface area contributed by atoms with Gasteiger partial charge < -0.3 is 27.1 Å². The van der Waals surface area contributed by atoms with Crippen LogP contribution in [-0.4, -0.2) is 35.5 Å². The van der Waals surface area contributed by atoms with Crippen molar-refractivity contribution in [3.8, 4) is 0 Å². The number of nitrogens with one attached hydrogen (secondary N) is 3. The number of aromatic amines is 1. The number of carbonyl (C=O) groups excluding carboxylic acids is 3. The standard InChI is InChI=1S/C15H16ClN5O3S/c1-25-15-11(13(18)24)10(12(17)23)14(21-15)20-9(22)6-19-8-4-2-3-7(16)5-8/h2-5,19,21H,6H2,1H3,(H2,17,23)(H2,18,24)(H,20,22). The van der Waals surface area contributed by atoms with Gasteiger partial charge in [0, 0.05) is 10.7 Å². The van der Waals surface area contributed by atoms with Crippen LogP contribution in [0.5, 0.6) is 0 Å². The molecule has 1 aromatic carbocycles. The van der Waals surface area contributed by atoms with Crippen molar-refractivity contribution < 1.29 is 14.4 Å². The van der Waals surface area contributed by atoms with Crippen LogP contribution in [-0.2, 0) is 4.79 Å². The van der Waals surface area contributed by atoms with Crippen LogP contribution in [0.1, 0.15) is 20.7 Å². The minimum Gasteiger partial charge on any atom is -0.376 e. The minimum absolute atomic E-state index is 0.0311. The zero-order valence-electron chi connectivity index (χ0n) is 13.2. The lowest BCUT2D eigenvalue weighted by atomic mass is 10.1. The number of rotatable bonds is 7. The normalized spacial score (nSPS) is 10.3. The molecule has 2 aromatic rings. The lowest BCUT2D eigenvalue weighted by Gasteiger charge is -2.08. The first kappa shape index (κ1) is 18.7. The Balaban J connectivity index is 2.17. The molecule has 8 nitrogen and oxygen atoms in total. The Morgan fingerprint density at radius 2 is 1.88 bits per heavy atom. The summed E-state index contributed by atoms with van der Waals surface area (Å²) in [7, 11) is 0. The number of carbonyl (C=O) groups is 3. The SMILES string of the molecule is CSc1[nH]c(NC(=O)CNc2cccc(Cl)c2)c(C(N)=O)c1C(N)=O. The van der Waals surface area contributed by atoms with Crippen molar-refractivity contribution in [3.05, 3.63) is 40.4 Å². The Morgan fingerprint density at radius 1 is 1.20 bits per heavy atom. The average Bonchev–Trinajstić information content (AvgIpc) is 2.91. The van der Waals surface area contributed by atoms with E-state index in [1.54, 1.807) is 30.5 Å². The van der Waals surface area contributed by atoms with Gasteiger partial charge in [0.1, 0.15) is 5.82 Å². The van der Waals surface area contributed by atoms with Crippen molar-refractivity contribution >= 4 is 52.6 Å². The Morgan fingerprint density at radius 3 is 2.44 bits per heavy atom. The molecule has 0 atom stereocenters. The fourth-order valence-corrected chi connectivity index (χ4v) is 2.97. The second-order valence-corrected chi connectivity index (χ2v) is 6.18. The molecule has 0 bridgehead atoms. The van der Waals surface area contributed by atoms with Crippen LogP contribution in [0.25, 0.3) is 0 Å². The molecule has 0 aliphatic carbocycles. The second-order valence-electron chi connectivity index (χ2n) is 4.92. The first-order chi connectivity index (χ1) is 11.8. The first-order valence-electron chi connectivity index (χ1n) is 7.02.